The van der Waals surface area contributed by atoms with Crippen LogP contribution >= 0.6 is 0 Å². The lowest BCUT2D eigenvalue weighted by Gasteiger charge is -2.32. The first-order valence-electron chi connectivity index (χ1n) is 6.20. The fourth-order valence-electron chi connectivity index (χ4n) is 2.09. The minimum Gasteiger partial charge on any atom is -0.399 e. The van der Waals surface area contributed by atoms with Crippen LogP contribution in [-0.4, -0.2) is 51.6 Å². The fourth-order valence-corrected chi connectivity index (χ4v) is 3.44. The largest absolute Gasteiger partial charge is 0.399 e. The van der Waals surface area contributed by atoms with Gasteiger partial charge in [-0.05, 0) is 37.7 Å². The molecule has 1 heterocycles. The highest BCUT2D eigenvalue weighted by molar-refractivity contribution is 7.89. The molecule has 106 valence electrons. The maximum Gasteiger partial charge on any atom is 0.253 e. The van der Waals surface area contributed by atoms with Gasteiger partial charge < -0.3 is 10.6 Å². The van der Waals surface area contributed by atoms with Crippen LogP contribution in [0.3, 0.4) is 0 Å². The fraction of sp³-hybridized carbons (Fsp3) is 0.500. The average Bonchev–Trinajstić information content (AvgIpc) is 2.31. The summed E-state index contributed by atoms with van der Waals surface area (Å²) >= 11 is 0. The summed E-state index contributed by atoms with van der Waals surface area (Å²) in [5.41, 5.74) is 6.86. The zero-order valence-electron chi connectivity index (χ0n) is 11.3. The molecule has 19 heavy (non-hydrogen) atoms. The predicted molar refractivity (Wildman–Crippen MR) is 75.0 cm³/mol. The van der Waals surface area contributed by atoms with E-state index in [4.69, 9.17) is 5.73 Å². The van der Waals surface area contributed by atoms with Gasteiger partial charge in [0.1, 0.15) is 0 Å². The number of hydrogen-bond acceptors (Lipinski definition) is 5. The van der Waals surface area contributed by atoms with E-state index in [-0.39, 0.29) is 4.90 Å². The topological polar surface area (TPSA) is 78.7 Å². The lowest BCUT2D eigenvalue weighted by atomic mass is 10.2. The van der Waals surface area contributed by atoms with E-state index in [1.54, 1.807) is 30.1 Å². The molecule has 1 aliphatic rings. The van der Waals surface area contributed by atoms with Gasteiger partial charge in [-0.1, -0.05) is 0 Å². The summed E-state index contributed by atoms with van der Waals surface area (Å²) in [7, 11) is -1.50. The van der Waals surface area contributed by atoms with Gasteiger partial charge in [0.15, 0.2) is 0 Å². The lowest BCUT2D eigenvalue weighted by molar-refractivity contribution is 0.135. The molecule has 1 aromatic rings. The number of piperazine rings is 1. The van der Waals surface area contributed by atoms with E-state index >= 15 is 0 Å². The summed E-state index contributed by atoms with van der Waals surface area (Å²) in [6, 6.07) is 4.81. The molecule has 0 amide bonds. The maximum atomic E-state index is 12.3. The zero-order valence-corrected chi connectivity index (χ0v) is 12.1. The van der Waals surface area contributed by atoms with Crippen LogP contribution in [0, 0.1) is 6.92 Å². The average molecular weight is 284 g/mol. The highest BCUT2D eigenvalue weighted by Crippen LogP contribution is 2.18. The second-order valence-electron chi connectivity index (χ2n) is 4.91. The third-order valence-corrected chi connectivity index (χ3v) is 4.78. The number of rotatable bonds is 3. The Kier molecular flexibility index (Phi) is 4.10. The minimum absolute atomic E-state index is 0.278. The van der Waals surface area contributed by atoms with E-state index in [2.05, 4.69) is 9.73 Å². The Bertz CT molecular complexity index is 551. The Morgan fingerprint density at radius 2 is 1.84 bits per heavy atom. The highest BCUT2D eigenvalue weighted by atomic mass is 32.2. The number of nitrogens with zero attached hydrogens (tertiary/aromatic N) is 2. The van der Waals surface area contributed by atoms with Crippen molar-refractivity contribution in [2.45, 2.75) is 11.8 Å². The first-order chi connectivity index (χ1) is 8.88. The minimum atomic E-state index is -3.52. The van der Waals surface area contributed by atoms with Crippen LogP contribution in [0.4, 0.5) is 5.69 Å². The number of sulfonamides is 1. The predicted octanol–water partition coefficient (Wildman–Crippen LogP) is 0.0179. The number of aryl methyl sites for hydroxylation is 1. The maximum absolute atomic E-state index is 12.3. The van der Waals surface area contributed by atoms with Crippen molar-refractivity contribution in [1.82, 2.24) is 14.7 Å². The summed E-state index contributed by atoms with van der Waals surface area (Å²) < 4.78 is 24.6. The van der Waals surface area contributed by atoms with Crippen LogP contribution in [-0.2, 0) is 10.0 Å². The molecule has 1 fully saturated rings. The van der Waals surface area contributed by atoms with Crippen molar-refractivity contribution in [3.63, 3.8) is 0 Å². The van der Waals surface area contributed by atoms with Crippen molar-refractivity contribution >= 4 is 15.7 Å². The standard InChI is InChI=1S/C12H20N4O2S/c1-10-9-11(13)3-4-12(10)19(17,18)14-16-7-5-15(2)6-8-16/h3-4,9,14H,5-8,13H2,1-2H3. The van der Waals surface area contributed by atoms with Crippen LogP contribution in [0.5, 0.6) is 0 Å². The Hall–Kier alpha value is -1.15. The number of benzene rings is 1. The molecule has 0 unspecified atom stereocenters. The molecular weight excluding hydrogens is 264 g/mol. The SMILES string of the molecule is Cc1cc(N)ccc1S(=O)(=O)NN1CCN(C)CC1. The van der Waals surface area contributed by atoms with Gasteiger partial charge in [0.05, 0.1) is 4.90 Å². The van der Waals surface area contributed by atoms with E-state index in [0.717, 1.165) is 13.1 Å². The molecule has 6 nitrogen and oxygen atoms in total. The van der Waals surface area contributed by atoms with E-state index in [9.17, 15) is 8.42 Å². The van der Waals surface area contributed by atoms with Gasteiger partial charge in [0.2, 0.25) is 0 Å². The molecule has 0 bridgehead atoms. The Balaban J connectivity index is 2.14. The van der Waals surface area contributed by atoms with Crippen molar-refractivity contribution in [3.05, 3.63) is 23.8 Å². The molecule has 0 aliphatic carbocycles. The van der Waals surface area contributed by atoms with Gasteiger partial charge in [-0.2, -0.15) is 0 Å². The van der Waals surface area contributed by atoms with Gasteiger partial charge in [0, 0.05) is 31.9 Å². The van der Waals surface area contributed by atoms with Crippen molar-refractivity contribution in [1.29, 1.82) is 0 Å². The molecule has 3 N–H and O–H groups in total. The third kappa shape index (κ3) is 3.44. The summed E-state index contributed by atoms with van der Waals surface area (Å²) in [4.78, 5) is 5.07. The summed E-state index contributed by atoms with van der Waals surface area (Å²) in [6.45, 7) is 4.81. The van der Waals surface area contributed by atoms with Crippen molar-refractivity contribution in [2.75, 3.05) is 39.0 Å². The van der Waals surface area contributed by atoms with Gasteiger partial charge in [-0.15, -0.1) is 4.83 Å². The van der Waals surface area contributed by atoms with Crippen molar-refractivity contribution < 1.29 is 8.42 Å². The summed E-state index contributed by atoms with van der Waals surface area (Å²) in [6.07, 6.45) is 0. The summed E-state index contributed by atoms with van der Waals surface area (Å²) in [5.74, 6) is 0. The number of anilines is 1. The Labute approximate surface area is 114 Å². The van der Waals surface area contributed by atoms with Crippen LogP contribution in [0.1, 0.15) is 5.56 Å². The molecule has 7 heteroatoms. The van der Waals surface area contributed by atoms with Crippen LogP contribution in [0.15, 0.2) is 23.1 Å². The van der Waals surface area contributed by atoms with E-state index < -0.39 is 10.0 Å². The number of likely N-dealkylation sites (N-methyl/N-ethyl adjacent to an activating group) is 1. The highest BCUT2D eigenvalue weighted by Gasteiger charge is 2.22. The number of hydrazine groups is 1. The molecule has 1 aliphatic heterocycles. The number of nitrogen functional groups attached to an aromatic ring is 1. The third-order valence-electron chi connectivity index (χ3n) is 3.24. The summed E-state index contributed by atoms with van der Waals surface area (Å²) in [5, 5.41) is 1.74. The lowest BCUT2D eigenvalue weighted by Crippen LogP contribution is -2.52. The molecule has 0 radical (unpaired) electrons. The van der Waals surface area contributed by atoms with Crippen molar-refractivity contribution in [3.8, 4) is 0 Å². The van der Waals surface area contributed by atoms with Crippen LogP contribution < -0.4 is 10.6 Å². The van der Waals surface area contributed by atoms with E-state index in [0.29, 0.717) is 24.3 Å². The smallest absolute Gasteiger partial charge is 0.253 e. The zero-order chi connectivity index (χ0) is 14.0. The second-order valence-corrected chi connectivity index (χ2v) is 6.54. The van der Waals surface area contributed by atoms with E-state index in [1.807, 2.05) is 7.05 Å². The van der Waals surface area contributed by atoms with Gasteiger partial charge in [-0.3, -0.25) is 0 Å². The van der Waals surface area contributed by atoms with Crippen LogP contribution in [0.2, 0.25) is 0 Å². The van der Waals surface area contributed by atoms with Crippen molar-refractivity contribution in [2.24, 2.45) is 0 Å². The van der Waals surface area contributed by atoms with Gasteiger partial charge >= 0.3 is 0 Å². The normalized spacial score (nSPS) is 18.6. The molecular formula is C12H20N4O2S. The van der Waals surface area contributed by atoms with Gasteiger partial charge in [0.25, 0.3) is 10.0 Å². The molecule has 1 aromatic carbocycles. The Morgan fingerprint density at radius 1 is 1.21 bits per heavy atom. The van der Waals surface area contributed by atoms with E-state index in [1.165, 1.54) is 0 Å². The molecule has 0 spiro atoms. The number of nitrogens with two attached hydrogens (primary N) is 1. The Morgan fingerprint density at radius 3 is 2.42 bits per heavy atom. The van der Waals surface area contributed by atoms with Gasteiger partial charge in [-0.25, -0.2) is 13.4 Å². The first-order valence-corrected chi connectivity index (χ1v) is 7.69. The monoisotopic (exact) mass is 284 g/mol. The number of hydrogen-bond donors (Lipinski definition) is 2. The molecule has 0 atom stereocenters. The molecule has 0 saturated carbocycles. The quantitative estimate of drug-likeness (QED) is 0.765. The van der Waals surface area contributed by atoms with Crippen LogP contribution in [0.25, 0.3) is 0 Å². The first kappa shape index (κ1) is 14.3. The molecule has 1 saturated heterocycles. The number of nitrogens with one attached hydrogen (secondary N) is 1. The second kappa shape index (κ2) is 5.46. The molecule has 2 rings (SSSR count). The molecule has 0 aromatic heterocycles.